The first-order chi connectivity index (χ1) is 8.31. The van der Waals surface area contributed by atoms with Crippen molar-refractivity contribution in [1.82, 2.24) is 0 Å². The summed E-state index contributed by atoms with van der Waals surface area (Å²) < 4.78 is 15.9. The van der Waals surface area contributed by atoms with Crippen LogP contribution in [0.25, 0.3) is 5.76 Å². The largest absolute Gasteiger partial charge is 0.454 e. The second-order valence-electron chi connectivity index (χ2n) is 3.97. The Bertz CT molecular complexity index is 516. The molecule has 2 heterocycles. The van der Waals surface area contributed by atoms with Gasteiger partial charge >= 0.3 is 5.97 Å². The van der Waals surface area contributed by atoms with E-state index < -0.39 is 0 Å². The van der Waals surface area contributed by atoms with Crippen LogP contribution in [0.15, 0.2) is 18.2 Å². The zero-order valence-corrected chi connectivity index (χ0v) is 9.49. The van der Waals surface area contributed by atoms with Gasteiger partial charge in [0, 0.05) is 0 Å². The molecule has 2 aliphatic heterocycles. The molecule has 0 saturated carbocycles. The molecule has 4 heteroatoms. The molecule has 0 bridgehead atoms. The van der Waals surface area contributed by atoms with Crippen LogP contribution >= 0.6 is 0 Å². The van der Waals surface area contributed by atoms with Crippen LogP contribution in [0.3, 0.4) is 0 Å². The smallest absolute Gasteiger partial charge is 0.344 e. The van der Waals surface area contributed by atoms with E-state index in [1.807, 2.05) is 6.08 Å². The van der Waals surface area contributed by atoms with Crippen LogP contribution in [-0.4, -0.2) is 12.8 Å². The third-order valence-electron chi connectivity index (χ3n) is 2.83. The van der Waals surface area contributed by atoms with Crippen molar-refractivity contribution in [3.05, 3.63) is 29.3 Å². The highest BCUT2D eigenvalue weighted by atomic mass is 16.7. The molecule has 0 amide bonds. The van der Waals surface area contributed by atoms with Crippen molar-refractivity contribution >= 4 is 11.7 Å². The van der Waals surface area contributed by atoms with Crippen molar-refractivity contribution in [3.8, 4) is 11.5 Å². The van der Waals surface area contributed by atoms with Crippen molar-refractivity contribution in [2.24, 2.45) is 0 Å². The van der Waals surface area contributed by atoms with Crippen molar-refractivity contribution in [2.45, 2.75) is 19.8 Å². The lowest BCUT2D eigenvalue weighted by Gasteiger charge is -2.02. The fourth-order valence-corrected chi connectivity index (χ4v) is 2.01. The summed E-state index contributed by atoms with van der Waals surface area (Å²) >= 11 is 0. The Morgan fingerprint density at radius 1 is 1.35 bits per heavy atom. The number of fused-ring (bicyclic) bond motifs is 3. The molecule has 0 radical (unpaired) electrons. The number of ether oxygens (including phenoxy) is 3. The zero-order valence-electron chi connectivity index (χ0n) is 9.49. The maximum Gasteiger partial charge on any atom is 0.344 e. The van der Waals surface area contributed by atoms with Crippen molar-refractivity contribution < 1.29 is 19.0 Å². The summed E-state index contributed by atoms with van der Waals surface area (Å²) in [5, 5.41) is 0. The Morgan fingerprint density at radius 3 is 3.06 bits per heavy atom. The topological polar surface area (TPSA) is 44.8 Å². The number of cyclic esters (lactones) is 1. The molecular weight excluding hydrogens is 220 g/mol. The van der Waals surface area contributed by atoms with Crippen LogP contribution < -0.4 is 9.47 Å². The summed E-state index contributed by atoms with van der Waals surface area (Å²) in [6.45, 7) is 2.27. The minimum atomic E-state index is -0.319. The standard InChI is InChI=1S/C13H12O4/c1-2-3-4-9-11-8(13(14)17-9)5-6-10-12(11)16-7-15-10/h4-6H,2-3,7H2,1H3/b9-4-. The Morgan fingerprint density at radius 2 is 2.24 bits per heavy atom. The first-order valence-corrected chi connectivity index (χ1v) is 5.66. The third kappa shape index (κ3) is 1.48. The lowest BCUT2D eigenvalue weighted by atomic mass is 10.1. The molecule has 88 valence electrons. The summed E-state index contributed by atoms with van der Waals surface area (Å²) in [6, 6.07) is 3.46. The number of unbranched alkanes of at least 4 members (excludes halogenated alkanes) is 1. The summed E-state index contributed by atoms with van der Waals surface area (Å²) in [5.41, 5.74) is 1.29. The molecule has 0 aliphatic carbocycles. The number of esters is 1. The summed E-state index contributed by atoms with van der Waals surface area (Å²) in [4.78, 5) is 11.7. The van der Waals surface area contributed by atoms with Crippen LogP contribution in [0.4, 0.5) is 0 Å². The maximum atomic E-state index is 11.7. The molecule has 0 unspecified atom stereocenters. The predicted molar refractivity (Wildman–Crippen MR) is 60.9 cm³/mol. The number of benzene rings is 1. The third-order valence-corrected chi connectivity index (χ3v) is 2.83. The Hall–Kier alpha value is -1.97. The first kappa shape index (κ1) is 10.2. The van der Waals surface area contributed by atoms with Crippen LogP contribution in [0.1, 0.15) is 35.7 Å². The van der Waals surface area contributed by atoms with Crippen molar-refractivity contribution in [1.29, 1.82) is 0 Å². The second kappa shape index (κ2) is 3.80. The monoisotopic (exact) mass is 232 g/mol. The van der Waals surface area contributed by atoms with Crippen LogP contribution in [-0.2, 0) is 4.74 Å². The predicted octanol–water partition coefficient (Wildman–Crippen LogP) is 2.73. The highest BCUT2D eigenvalue weighted by Crippen LogP contribution is 2.45. The van der Waals surface area contributed by atoms with Gasteiger partial charge in [0.1, 0.15) is 5.76 Å². The van der Waals surface area contributed by atoms with Gasteiger partial charge < -0.3 is 14.2 Å². The number of rotatable bonds is 2. The van der Waals surface area contributed by atoms with Crippen molar-refractivity contribution in [2.75, 3.05) is 6.79 Å². The van der Waals surface area contributed by atoms with E-state index >= 15 is 0 Å². The van der Waals surface area contributed by atoms with Crippen LogP contribution in [0, 0.1) is 0 Å². The Labute approximate surface area is 98.8 Å². The van der Waals surface area contributed by atoms with Gasteiger partial charge in [0.2, 0.25) is 6.79 Å². The van der Waals surface area contributed by atoms with Gasteiger partial charge in [0.05, 0.1) is 11.1 Å². The molecule has 2 aliphatic rings. The van der Waals surface area contributed by atoms with Gasteiger partial charge in [-0.3, -0.25) is 0 Å². The van der Waals surface area contributed by atoms with E-state index in [4.69, 9.17) is 14.2 Å². The molecule has 0 spiro atoms. The molecule has 0 aromatic heterocycles. The van der Waals surface area contributed by atoms with E-state index in [2.05, 4.69) is 6.92 Å². The molecule has 0 fully saturated rings. The van der Waals surface area contributed by atoms with Crippen LogP contribution in [0.2, 0.25) is 0 Å². The fourth-order valence-electron chi connectivity index (χ4n) is 2.01. The molecular formula is C13H12O4. The zero-order chi connectivity index (χ0) is 11.8. The molecule has 0 atom stereocenters. The van der Waals surface area contributed by atoms with Gasteiger partial charge in [-0.1, -0.05) is 13.3 Å². The quantitative estimate of drug-likeness (QED) is 0.735. The Balaban J connectivity index is 2.14. The first-order valence-electron chi connectivity index (χ1n) is 5.66. The van der Waals surface area contributed by atoms with Gasteiger partial charge in [-0.05, 0) is 24.6 Å². The number of carbonyl (C=O) groups is 1. The Kier molecular flexibility index (Phi) is 2.28. The van der Waals surface area contributed by atoms with E-state index in [0.717, 1.165) is 18.4 Å². The number of allylic oxidation sites excluding steroid dienone is 1. The molecule has 17 heavy (non-hydrogen) atoms. The van der Waals surface area contributed by atoms with Gasteiger partial charge in [-0.2, -0.15) is 0 Å². The maximum absolute atomic E-state index is 11.7. The second-order valence-corrected chi connectivity index (χ2v) is 3.97. The number of hydrogen-bond acceptors (Lipinski definition) is 4. The summed E-state index contributed by atoms with van der Waals surface area (Å²) in [6.07, 6.45) is 3.79. The summed E-state index contributed by atoms with van der Waals surface area (Å²) in [7, 11) is 0. The molecule has 1 aromatic carbocycles. The van der Waals surface area contributed by atoms with Gasteiger partial charge in [0.15, 0.2) is 11.5 Å². The average Bonchev–Trinajstić information content (AvgIpc) is 2.91. The molecule has 3 rings (SSSR count). The van der Waals surface area contributed by atoms with Gasteiger partial charge in [0.25, 0.3) is 0 Å². The lowest BCUT2D eigenvalue weighted by Crippen LogP contribution is -1.94. The minimum absolute atomic E-state index is 0.195. The average molecular weight is 232 g/mol. The van der Waals surface area contributed by atoms with E-state index in [0.29, 0.717) is 22.8 Å². The fraction of sp³-hybridized carbons (Fsp3) is 0.308. The highest BCUT2D eigenvalue weighted by molar-refractivity contribution is 6.04. The molecule has 4 nitrogen and oxygen atoms in total. The van der Waals surface area contributed by atoms with Crippen molar-refractivity contribution in [3.63, 3.8) is 0 Å². The lowest BCUT2D eigenvalue weighted by molar-refractivity contribution is 0.0715. The molecule has 0 N–H and O–H groups in total. The SMILES string of the molecule is CCC/C=C1\OC(=O)c2ccc3c(c21)OCO3. The van der Waals surface area contributed by atoms with E-state index in [1.54, 1.807) is 12.1 Å². The van der Waals surface area contributed by atoms with E-state index in [-0.39, 0.29) is 12.8 Å². The van der Waals surface area contributed by atoms with Gasteiger partial charge in [-0.15, -0.1) is 0 Å². The molecule has 0 saturated heterocycles. The summed E-state index contributed by atoms with van der Waals surface area (Å²) in [5.74, 6) is 1.56. The number of carbonyl (C=O) groups excluding carboxylic acids is 1. The van der Waals surface area contributed by atoms with E-state index in [9.17, 15) is 4.79 Å². The van der Waals surface area contributed by atoms with E-state index in [1.165, 1.54) is 0 Å². The van der Waals surface area contributed by atoms with Crippen LogP contribution in [0.5, 0.6) is 11.5 Å². The number of hydrogen-bond donors (Lipinski definition) is 0. The van der Waals surface area contributed by atoms with Gasteiger partial charge in [-0.25, -0.2) is 4.79 Å². The minimum Gasteiger partial charge on any atom is -0.454 e. The highest BCUT2D eigenvalue weighted by Gasteiger charge is 2.33. The normalized spacial score (nSPS) is 18.4. The molecule has 1 aromatic rings.